The number of aromatic nitrogens is 1. The summed E-state index contributed by atoms with van der Waals surface area (Å²) in [4.78, 5) is 23.1. The van der Waals surface area contributed by atoms with Crippen molar-refractivity contribution in [2.24, 2.45) is 5.41 Å². The second-order valence-corrected chi connectivity index (χ2v) is 5.51. The molecule has 0 bridgehead atoms. The molecule has 0 aliphatic rings. The fourth-order valence-electron chi connectivity index (χ4n) is 2.06. The van der Waals surface area contributed by atoms with Crippen LogP contribution in [0.4, 0.5) is 4.79 Å². The van der Waals surface area contributed by atoms with E-state index in [1.807, 2.05) is 6.92 Å². The van der Waals surface area contributed by atoms with Crippen LogP contribution in [0.15, 0.2) is 4.52 Å². The van der Waals surface area contributed by atoms with Gasteiger partial charge in [0.05, 0.1) is 17.2 Å². The Bertz CT molecular complexity index is 507. The van der Waals surface area contributed by atoms with Crippen LogP contribution < -0.4 is 10.6 Å². The van der Waals surface area contributed by atoms with E-state index in [1.165, 1.54) is 0 Å². The number of nitrogens with zero attached hydrogens (tertiary/aromatic N) is 1. The molecule has 21 heavy (non-hydrogen) atoms. The van der Waals surface area contributed by atoms with E-state index in [1.54, 1.807) is 27.7 Å². The Morgan fingerprint density at radius 3 is 2.48 bits per heavy atom. The summed E-state index contributed by atoms with van der Waals surface area (Å²) in [5, 5.41) is 18.4. The van der Waals surface area contributed by atoms with Gasteiger partial charge in [0.2, 0.25) is 0 Å². The first-order valence-electron chi connectivity index (χ1n) is 6.91. The lowest BCUT2D eigenvalue weighted by atomic mass is 9.88. The summed E-state index contributed by atoms with van der Waals surface area (Å²) < 4.78 is 5.06. The van der Waals surface area contributed by atoms with Crippen molar-refractivity contribution in [3.63, 3.8) is 0 Å². The van der Waals surface area contributed by atoms with E-state index in [9.17, 15) is 9.59 Å². The Morgan fingerprint density at radius 1 is 1.43 bits per heavy atom. The van der Waals surface area contributed by atoms with Crippen LogP contribution in [0.1, 0.15) is 50.3 Å². The zero-order valence-corrected chi connectivity index (χ0v) is 13.1. The average Bonchev–Trinajstić information content (AvgIpc) is 2.75. The molecule has 0 saturated heterocycles. The Morgan fingerprint density at radius 2 is 2.05 bits per heavy atom. The number of rotatable bonds is 6. The number of urea groups is 1. The van der Waals surface area contributed by atoms with Gasteiger partial charge < -0.3 is 20.3 Å². The van der Waals surface area contributed by atoms with Crippen LogP contribution in [0.2, 0.25) is 0 Å². The summed E-state index contributed by atoms with van der Waals surface area (Å²) in [6.45, 7) is 8.86. The number of carbonyl (C=O) groups is 2. The molecule has 1 aromatic heterocycles. The molecule has 0 spiro atoms. The van der Waals surface area contributed by atoms with Gasteiger partial charge in [0.15, 0.2) is 0 Å². The molecule has 0 aliphatic carbocycles. The fraction of sp³-hybridized carbons (Fsp3) is 0.643. The number of amides is 2. The highest BCUT2D eigenvalue weighted by Crippen LogP contribution is 2.21. The first kappa shape index (κ1) is 17.0. The molecule has 2 unspecified atom stereocenters. The van der Waals surface area contributed by atoms with Crippen molar-refractivity contribution in [3.05, 3.63) is 17.0 Å². The fourth-order valence-corrected chi connectivity index (χ4v) is 2.06. The summed E-state index contributed by atoms with van der Waals surface area (Å²) in [6, 6.07) is -0.683. The smallest absolute Gasteiger partial charge is 0.315 e. The van der Waals surface area contributed by atoms with Gasteiger partial charge in [-0.25, -0.2) is 4.79 Å². The maximum atomic E-state index is 11.9. The number of hydrogen-bond donors (Lipinski definition) is 3. The summed E-state index contributed by atoms with van der Waals surface area (Å²) in [5.74, 6) is -0.270. The predicted octanol–water partition coefficient (Wildman–Crippen LogP) is 2.15. The minimum atomic E-state index is -0.969. The van der Waals surface area contributed by atoms with Gasteiger partial charge in [-0.15, -0.1) is 0 Å². The lowest BCUT2D eigenvalue weighted by molar-refractivity contribution is -0.147. The van der Waals surface area contributed by atoms with E-state index in [-0.39, 0.29) is 12.6 Å². The third-order valence-electron chi connectivity index (χ3n) is 3.80. The number of carboxylic acids is 1. The van der Waals surface area contributed by atoms with Gasteiger partial charge in [0, 0.05) is 12.1 Å². The monoisotopic (exact) mass is 297 g/mol. The molecule has 118 valence electrons. The quantitative estimate of drug-likeness (QED) is 0.746. The third kappa shape index (κ3) is 3.96. The number of aryl methyl sites for hydroxylation is 2. The zero-order chi connectivity index (χ0) is 16.2. The van der Waals surface area contributed by atoms with Gasteiger partial charge in [-0.1, -0.05) is 12.1 Å². The molecule has 1 heterocycles. The highest BCUT2D eigenvalue weighted by molar-refractivity contribution is 5.78. The number of hydrogen-bond acceptors (Lipinski definition) is 4. The molecule has 1 aromatic rings. The summed E-state index contributed by atoms with van der Waals surface area (Å²) in [7, 11) is 0. The predicted molar refractivity (Wildman–Crippen MR) is 77.0 cm³/mol. The molecule has 3 N–H and O–H groups in total. The molecule has 2 amide bonds. The van der Waals surface area contributed by atoms with E-state index in [0.29, 0.717) is 12.2 Å². The van der Waals surface area contributed by atoms with Crippen molar-refractivity contribution < 1.29 is 19.2 Å². The van der Waals surface area contributed by atoms with E-state index in [4.69, 9.17) is 9.63 Å². The molecule has 0 aliphatic heterocycles. The molecule has 7 nitrogen and oxygen atoms in total. The molecular weight excluding hydrogens is 274 g/mol. The van der Waals surface area contributed by atoms with E-state index >= 15 is 0 Å². The number of carboxylic acid groups (broad SMARTS) is 1. The molecule has 2 atom stereocenters. The van der Waals surface area contributed by atoms with Gasteiger partial charge in [-0.05, 0) is 34.1 Å². The Labute approximate surface area is 124 Å². The van der Waals surface area contributed by atoms with Crippen LogP contribution in [0.5, 0.6) is 0 Å². The molecule has 0 fully saturated rings. The number of carbonyl (C=O) groups excluding carboxylic acids is 1. The van der Waals surface area contributed by atoms with Gasteiger partial charge in [0.1, 0.15) is 5.76 Å². The largest absolute Gasteiger partial charge is 0.481 e. The molecule has 0 aromatic carbocycles. The first-order valence-corrected chi connectivity index (χ1v) is 6.91. The van der Waals surface area contributed by atoms with Crippen molar-refractivity contribution in [2.45, 2.75) is 47.1 Å². The van der Waals surface area contributed by atoms with Gasteiger partial charge >= 0.3 is 12.0 Å². The minimum Gasteiger partial charge on any atom is -0.481 e. The van der Waals surface area contributed by atoms with Crippen LogP contribution in [0.25, 0.3) is 0 Å². The normalized spacial score (nSPS) is 15.1. The lowest BCUT2D eigenvalue weighted by Crippen LogP contribution is -2.45. The highest BCUT2D eigenvalue weighted by Gasteiger charge is 2.31. The van der Waals surface area contributed by atoms with Crippen molar-refractivity contribution in [3.8, 4) is 0 Å². The maximum Gasteiger partial charge on any atom is 0.315 e. The van der Waals surface area contributed by atoms with E-state index in [0.717, 1.165) is 11.3 Å². The summed E-state index contributed by atoms with van der Waals surface area (Å²) in [5.41, 5.74) is 0.592. The van der Waals surface area contributed by atoms with Crippen LogP contribution in [-0.2, 0) is 4.79 Å². The van der Waals surface area contributed by atoms with Gasteiger partial charge in [-0.2, -0.15) is 0 Å². The Hall–Kier alpha value is -2.05. The van der Waals surface area contributed by atoms with E-state index < -0.39 is 17.4 Å². The highest BCUT2D eigenvalue weighted by atomic mass is 16.5. The second kappa shape index (κ2) is 6.60. The SMILES string of the molecule is CCC(C)(CNC(=O)NC(C)c1c(C)noc1C)C(=O)O. The van der Waals surface area contributed by atoms with E-state index in [2.05, 4.69) is 15.8 Å². The molecule has 7 heteroatoms. The van der Waals surface area contributed by atoms with Crippen LogP contribution in [-0.4, -0.2) is 28.8 Å². The molecular formula is C14H23N3O4. The standard InChI is InChI=1S/C14H23N3O4/c1-6-14(5,12(18)19)7-15-13(20)16-8(2)11-9(3)17-21-10(11)4/h8H,6-7H2,1-5H3,(H,18,19)(H2,15,16,20). The summed E-state index contributed by atoms with van der Waals surface area (Å²) in [6.07, 6.45) is 0.433. The van der Waals surface area contributed by atoms with Gasteiger partial charge in [0.25, 0.3) is 0 Å². The zero-order valence-electron chi connectivity index (χ0n) is 13.1. The van der Waals surface area contributed by atoms with Crippen molar-refractivity contribution in [1.29, 1.82) is 0 Å². The van der Waals surface area contributed by atoms with Gasteiger partial charge in [-0.3, -0.25) is 4.79 Å². The molecule has 1 rings (SSSR count). The molecule has 0 radical (unpaired) electrons. The third-order valence-corrected chi connectivity index (χ3v) is 3.80. The van der Waals surface area contributed by atoms with Crippen molar-refractivity contribution in [1.82, 2.24) is 15.8 Å². The van der Waals surface area contributed by atoms with Crippen LogP contribution >= 0.6 is 0 Å². The minimum absolute atomic E-state index is 0.0684. The van der Waals surface area contributed by atoms with Crippen LogP contribution in [0.3, 0.4) is 0 Å². The lowest BCUT2D eigenvalue weighted by Gasteiger charge is -2.24. The number of nitrogens with one attached hydrogen (secondary N) is 2. The van der Waals surface area contributed by atoms with Crippen molar-refractivity contribution in [2.75, 3.05) is 6.54 Å². The second-order valence-electron chi connectivity index (χ2n) is 5.51. The Balaban J connectivity index is 2.60. The average molecular weight is 297 g/mol. The summed E-state index contributed by atoms with van der Waals surface area (Å²) >= 11 is 0. The maximum absolute atomic E-state index is 11.9. The first-order chi connectivity index (χ1) is 9.71. The number of aliphatic carboxylic acids is 1. The molecule has 0 saturated carbocycles. The van der Waals surface area contributed by atoms with Crippen LogP contribution in [0, 0.1) is 19.3 Å². The van der Waals surface area contributed by atoms with Crippen molar-refractivity contribution >= 4 is 12.0 Å². The topological polar surface area (TPSA) is 104 Å². The Kier molecular flexibility index (Phi) is 5.34.